The van der Waals surface area contributed by atoms with E-state index in [0.29, 0.717) is 13.0 Å². The van der Waals surface area contributed by atoms with Gasteiger partial charge >= 0.3 is 5.97 Å². The molecule has 0 N–H and O–H groups in total. The molecule has 0 heterocycles. The van der Waals surface area contributed by atoms with Crippen molar-refractivity contribution in [1.82, 2.24) is 0 Å². The van der Waals surface area contributed by atoms with E-state index in [1.54, 1.807) is 0 Å². The zero-order chi connectivity index (χ0) is 15.6. The molecule has 126 valence electrons. The van der Waals surface area contributed by atoms with E-state index < -0.39 is 0 Å². The van der Waals surface area contributed by atoms with Crippen LogP contribution in [0.15, 0.2) is 0 Å². The topological polar surface area (TPSA) is 26.3 Å². The predicted molar refractivity (Wildman–Crippen MR) is 91.6 cm³/mol. The summed E-state index contributed by atoms with van der Waals surface area (Å²) >= 11 is 0. The molecule has 0 aliphatic rings. The fourth-order valence-electron chi connectivity index (χ4n) is 2.54. The van der Waals surface area contributed by atoms with Crippen LogP contribution in [0.1, 0.15) is 110 Å². The van der Waals surface area contributed by atoms with Crippen LogP contribution in [0.5, 0.6) is 0 Å². The fraction of sp³-hybridized carbons (Fsp3) is 0.947. The molecule has 2 heteroatoms. The molecule has 0 bridgehead atoms. The van der Waals surface area contributed by atoms with E-state index in [1.165, 1.54) is 77.0 Å². The third kappa shape index (κ3) is 17.4. The van der Waals surface area contributed by atoms with Crippen LogP contribution in [-0.2, 0) is 9.53 Å². The van der Waals surface area contributed by atoms with Crippen LogP contribution in [0.2, 0.25) is 0 Å². The smallest absolute Gasteiger partial charge is 0.305 e. The number of carbonyl (C=O) groups is 1. The Kier molecular flexibility index (Phi) is 17.1. The normalized spacial score (nSPS) is 10.8. The highest BCUT2D eigenvalue weighted by Gasteiger charge is 2.02. The molecular weight excluding hydrogens is 260 g/mol. The standard InChI is InChI=1S/C19H38O2/c1-3-5-7-9-10-11-12-13-15-17-19(20)21-18-16-14-8-6-4-2/h3-18H2,1-2H3. The van der Waals surface area contributed by atoms with Gasteiger partial charge in [0.2, 0.25) is 0 Å². The fourth-order valence-corrected chi connectivity index (χ4v) is 2.54. The molecule has 0 spiro atoms. The predicted octanol–water partition coefficient (Wildman–Crippen LogP) is 6.42. The van der Waals surface area contributed by atoms with E-state index in [4.69, 9.17) is 4.74 Å². The second-order valence-electron chi connectivity index (χ2n) is 6.21. The summed E-state index contributed by atoms with van der Waals surface area (Å²) in [7, 11) is 0. The molecule has 0 fully saturated rings. The van der Waals surface area contributed by atoms with Crippen molar-refractivity contribution in [2.45, 2.75) is 110 Å². The molecule has 0 radical (unpaired) electrons. The minimum absolute atomic E-state index is 0.00781. The summed E-state index contributed by atoms with van der Waals surface area (Å²) in [4.78, 5) is 11.5. The maximum absolute atomic E-state index is 11.5. The van der Waals surface area contributed by atoms with Crippen molar-refractivity contribution >= 4 is 5.97 Å². The first kappa shape index (κ1) is 20.5. The molecular formula is C19H38O2. The van der Waals surface area contributed by atoms with E-state index >= 15 is 0 Å². The van der Waals surface area contributed by atoms with Gasteiger partial charge in [-0.2, -0.15) is 0 Å². The largest absolute Gasteiger partial charge is 0.466 e. The average Bonchev–Trinajstić information content (AvgIpc) is 2.49. The lowest BCUT2D eigenvalue weighted by Crippen LogP contribution is -2.05. The lowest BCUT2D eigenvalue weighted by atomic mass is 10.1. The van der Waals surface area contributed by atoms with Gasteiger partial charge in [-0.3, -0.25) is 4.79 Å². The van der Waals surface area contributed by atoms with E-state index in [2.05, 4.69) is 13.8 Å². The molecule has 2 nitrogen and oxygen atoms in total. The first-order valence-electron chi connectivity index (χ1n) is 9.46. The van der Waals surface area contributed by atoms with Crippen LogP contribution < -0.4 is 0 Å². The minimum atomic E-state index is 0.00781. The number of carbonyl (C=O) groups excluding carboxylic acids is 1. The third-order valence-corrected chi connectivity index (χ3v) is 4.00. The summed E-state index contributed by atoms with van der Waals surface area (Å²) < 4.78 is 5.26. The van der Waals surface area contributed by atoms with Gasteiger partial charge in [-0.05, 0) is 12.8 Å². The highest BCUT2D eigenvalue weighted by Crippen LogP contribution is 2.11. The number of rotatable bonds is 16. The van der Waals surface area contributed by atoms with Crippen LogP contribution >= 0.6 is 0 Å². The number of hydrogen-bond donors (Lipinski definition) is 0. The van der Waals surface area contributed by atoms with Crippen molar-refractivity contribution in [3.8, 4) is 0 Å². The number of unbranched alkanes of at least 4 members (excludes halogenated alkanes) is 12. The van der Waals surface area contributed by atoms with Crippen molar-refractivity contribution < 1.29 is 9.53 Å². The number of hydrogen-bond acceptors (Lipinski definition) is 2. The Bertz CT molecular complexity index is 214. The Morgan fingerprint density at radius 1 is 0.619 bits per heavy atom. The zero-order valence-corrected chi connectivity index (χ0v) is 14.6. The minimum Gasteiger partial charge on any atom is -0.466 e. The third-order valence-electron chi connectivity index (χ3n) is 4.00. The molecule has 0 rings (SSSR count). The molecule has 21 heavy (non-hydrogen) atoms. The van der Waals surface area contributed by atoms with Crippen molar-refractivity contribution in [3.63, 3.8) is 0 Å². The summed E-state index contributed by atoms with van der Waals surface area (Å²) in [6.07, 6.45) is 18.3. The highest BCUT2D eigenvalue weighted by molar-refractivity contribution is 5.69. The summed E-state index contributed by atoms with van der Waals surface area (Å²) in [5.74, 6) is 0.00781. The molecule has 0 amide bonds. The van der Waals surface area contributed by atoms with Crippen LogP contribution in [0.3, 0.4) is 0 Å². The monoisotopic (exact) mass is 298 g/mol. The van der Waals surface area contributed by atoms with Crippen molar-refractivity contribution in [2.24, 2.45) is 0 Å². The van der Waals surface area contributed by atoms with Crippen LogP contribution in [0.4, 0.5) is 0 Å². The van der Waals surface area contributed by atoms with Gasteiger partial charge in [-0.1, -0.05) is 90.9 Å². The first-order chi connectivity index (χ1) is 10.3. The van der Waals surface area contributed by atoms with E-state index in [1.807, 2.05) is 0 Å². The first-order valence-corrected chi connectivity index (χ1v) is 9.46. The van der Waals surface area contributed by atoms with Gasteiger partial charge in [-0.25, -0.2) is 0 Å². The van der Waals surface area contributed by atoms with Crippen molar-refractivity contribution in [1.29, 1.82) is 0 Å². The van der Waals surface area contributed by atoms with Gasteiger partial charge in [0.1, 0.15) is 0 Å². The van der Waals surface area contributed by atoms with Crippen molar-refractivity contribution in [3.05, 3.63) is 0 Å². The Balaban J connectivity index is 3.12. The van der Waals surface area contributed by atoms with Gasteiger partial charge in [0.05, 0.1) is 6.61 Å². The number of esters is 1. The second-order valence-corrected chi connectivity index (χ2v) is 6.21. The summed E-state index contributed by atoms with van der Waals surface area (Å²) in [6, 6.07) is 0. The average molecular weight is 299 g/mol. The Morgan fingerprint density at radius 3 is 1.57 bits per heavy atom. The van der Waals surface area contributed by atoms with Crippen LogP contribution in [-0.4, -0.2) is 12.6 Å². The second kappa shape index (κ2) is 17.5. The zero-order valence-electron chi connectivity index (χ0n) is 14.6. The molecule has 0 aromatic carbocycles. The molecule has 0 aromatic heterocycles. The SMILES string of the molecule is CCCCCCCCCCCC(=O)OCCCCCCC. The molecule has 0 aliphatic carbocycles. The maximum Gasteiger partial charge on any atom is 0.305 e. The molecule has 0 atom stereocenters. The van der Waals surface area contributed by atoms with E-state index in [-0.39, 0.29) is 5.97 Å². The molecule has 0 saturated heterocycles. The lowest BCUT2D eigenvalue weighted by Gasteiger charge is -2.05. The summed E-state index contributed by atoms with van der Waals surface area (Å²) in [6.45, 7) is 5.09. The molecule has 0 saturated carbocycles. The Hall–Kier alpha value is -0.530. The Labute approximate surface area is 133 Å². The summed E-state index contributed by atoms with van der Waals surface area (Å²) in [5.41, 5.74) is 0. The van der Waals surface area contributed by atoms with E-state index in [9.17, 15) is 4.79 Å². The van der Waals surface area contributed by atoms with Crippen LogP contribution in [0.25, 0.3) is 0 Å². The van der Waals surface area contributed by atoms with Gasteiger partial charge < -0.3 is 4.74 Å². The van der Waals surface area contributed by atoms with Crippen LogP contribution in [0, 0.1) is 0 Å². The quantitative estimate of drug-likeness (QED) is 0.243. The van der Waals surface area contributed by atoms with E-state index in [0.717, 1.165) is 12.8 Å². The van der Waals surface area contributed by atoms with Gasteiger partial charge in [0.15, 0.2) is 0 Å². The molecule has 0 unspecified atom stereocenters. The van der Waals surface area contributed by atoms with Crippen molar-refractivity contribution in [2.75, 3.05) is 6.61 Å². The highest BCUT2D eigenvalue weighted by atomic mass is 16.5. The lowest BCUT2D eigenvalue weighted by molar-refractivity contribution is -0.143. The van der Waals surface area contributed by atoms with Gasteiger partial charge in [0.25, 0.3) is 0 Å². The number of ether oxygens (including phenoxy) is 1. The van der Waals surface area contributed by atoms with Gasteiger partial charge in [0, 0.05) is 6.42 Å². The summed E-state index contributed by atoms with van der Waals surface area (Å²) in [5, 5.41) is 0. The molecule has 0 aliphatic heterocycles. The van der Waals surface area contributed by atoms with Gasteiger partial charge in [-0.15, -0.1) is 0 Å². The Morgan fingerprint density at radius 2 is 1.05 bits per heavy atom. The molecule has 0 aromatic rings. The maximum atomic E-state index is 11.5.